The molecule has 0 saturated carbocycles. The van der Waals surface area contributed by atoms with Crippen LogP contribution in [-0.2, 0) is 0 Å². The van der Waals surface area contributed by atoms with Crippen molar-refractivity contribution in [3.63, 3.8) is 0 Å². The molecule has 1 heterocycles. The molecule has 0 aliphatic carbocycles. The summed E-state index contributed by atoms with van der Waals surface area (Å²) >= 11 is 5.75. The minimum absolute atomic E-state index is 0.276. The Morgan fingerprint density at radius 2 is 2.31 bits per heavy atom. The van der Waals surface area contributed by atoms with Gasteiger partial charge in [-0.3, -0.25) is 0 Å². The number of hydrogen-bond donors (Lipinski definition) is 0. The van der Waals surface area contributed by atoms with Gasteiger partial charge in [-0.1, -0.05) is 0 Å². The topological polar surface area (TPSA) is 29.0 Å². The molecule has 0 aliphatic rings. The monoisotopic (exact) mass is 199 g/mol. The zero-order valence-corrected chi connectivity index (χ0v) is 8.91. The van der Waals surface area contributed by atoms with Gasteiger partial charge < -0.3 is 4.90 Å². The van der Waals surface area contributed by atoms with Gasteiger partial charge in [-0.25, -0.2) is 0 Å². The van der Waals surface area contributed by atoms with E-state index in [1.165, 1.54) is 0 Å². The molecule has 0 bridgehead atoms. The molecule has 0 N–H and O–H groups in total. The van der Waals surface area contributed by atoms with E-state index >= 15 is 0 Å². The highest BCUT2D eigenvalue weighted by atomic mass is 35.5. The van der Waals surface area contributed by atoms with E-state index in [1.54, 1.807) is 6.20 Å². The molecule has 1 aromatic rings. The first-order valence-corrected chi connectivity index (χ1v) is 4.76. The van der Waals surface area contributed by atoms with Crippen LogP contribution in [0.25, 0.3) is 0 Å². The van der Waals surface area contributed by atoms with Crippen LogP contribution in [0.15, 0.2) is 12.3 Å². The lowest BCUT2D eigenvalue weighted by Gasteiger charge is -2.23. The van der Waals surface area contributed by atoms with Gasteiger partial charge in [0, 0.05) is 19.0 Å². The summed E-state index contributed by atoms with van der Waals surface area (Å²) in [5.74, 6) is 1.46. The third-order valence-electron chi connectivity index (χ3n) is 2.02. The van der Waals surface area contributed by atoms with E-state index in [-0.39, 0.29) is 6.04 Å². The second-order valence-corrected chi connectivity index (χ2v) is 3.51. The lowest BCUT2D eigenvalue weighted by atomic mass is 10.3. The minimum Gasteiger partial charge on any atom is -0.354 e. The van der Waals surface area contributed by atoms with Crippen LogP contribution < -0.4 is 4.90 Å². The predicted octanol–water partition coefficient (Wildman–Crippen LogP) is 1.85. The van der Waals surface area contributed by atoms with Gasteiger partial charge in [0.05, 0.1) is 6.20 Å². The molecule has 13 heavy (non-hydrogen) atoms. The standard InChI is InChI=1S/C9H14ClN3/c1-7-4-9(12-11-6-7)13(3)8(2)5-10/h4,6,8H,5H2,1-3H3. The molecule has 0 radical (unpaired) electrons. The van der Waals surface area contributed by atoms with Crippen LogP contribution in [0.3, 0.4) is 0 Å². The summed E-state index contributed by atoms with van der Waals surface area (Å²) in [7, 11) is 1.97. The molecule has 1 atom stereocenters. The molecule has 0 fully saturated rings. The van der Waals surface area contributed by atoms with E-state index in [1.807, 2.05) is 24.9 Å². The zero-order chi connectivity index (χ0) is 9.84. The fourth-order valence-corrected chi connectivity index (χ4v) is 1.16. The third-order valence-corrected chi connectivity index (χ3v) is 2.47. The molecule has 0 amide bonds. The van der Waals surface area contributed by atoms with Gasteiger partial charge in [0.15, 0.2) is 5.82 Å². The lowest BCUT2D eigenvalue weighted by molar-refractivity contribution is 0.738. The largest absolute Gasteiger partial charge is 0.354 e. The Hall–Kier alpha value is -0.830. The molecule has 1 aromatic heterocycles. The SMILES string of the molecule is Cc1cnnc(N(C)C(C)CCl)c1. The van der Waals surface area contributed by atoms with Crippen molar-refractivity contribution in [1.82, 2.24) is 10.2 Å². The smallest absolute Gasteiger partial charge is 0.151 e. The number of alkyl halides is 1. The summed E-state index contributed by atoms with van der Waals surface area (Å²) in [6.07, 6.45) is 1.74. The van der Waals surface area contributed by atoms with Crippen LogP contribution in [0.5, 0.6) is 0 Å². The summed E-state index contributed by atoms with van der Waals surface area (Å²) in [6.45, 7) is 4.05. The van der Waals surface area contributed by atoms with Crippen LogP contribution in [0.1, 0.15) is 12.5 Å². The number of nitrogens with zero attached hydrogens (tertiary/aromatic N) is 3. The van der Waals surface area contributed by atoms with Crippen molar-refractivity contribution in [3.8, 4) is 0 Å². The first-order valence-electron chi connectivity index (χ1n) is 4.23. The Labute approximate surface area is 83.7 Å². The molecule has 1 rings (SSSR count). The summed E-state index contributed by atoms with van der Waals surface area (Å²) in [5, 5.41) is 7.91. The normalized spacial score (nSPS) is 12.6. The van der Waals surface area contributed by atoms with Crippen LogP contribution in [0.2, 0.25) is 0 Å². The first-order chi connectivity index (χ1) is 6.15. The van der Waals surface area contributed by atoms with Crippen molar-refractivity contribution in [2.45, 2.75) is 19.9 Å². The number of aryl methyl sites for hydroxylation is 1. The summed E-state index contributed by atoms with van der Waals surface area (Å²) < 4.78 is 0. The Kier molecular flexibility index (Phi) is 3.48. The lowest BCUT2D eigenvalue weighted by Crippen LogP contribution is -2.31. The minimum atomic E-state index is 0.276. The van der Waals surface area contributed by atoms with Gasteiger partial charge in [-0.15, -0.1) is 16.7 Å². The average molecular weight is 200 g/mol. The summed E-state index contributed by atoms with van der Waals surface area (Å²) in [5.41, 5.74) is 1.11. The second-order valence-electron chi connectivity index (χ2n) is 3.21. The van der Waals surface area contributed by atoms with Crippen molar-refractivity contribution >= 4 is 17.4 Å². The maximum absolute atomic E-state index is 5.75. The highest BCUT2D eigenvalue weighted by Crippen LogP contribution is 2.12. The average Bonchev–Trinajstić information content (AvgIpc) is 2.15. The highest BCUT2D eigenvalue weighted by molar-refractivity contribution is 6.18. The quantitative estimate of drug-likeness (QED) is 0.696. The van der Waals surface area contributed by atoms with E-state index in [0.29, 0.717) is 5.88 Å². The number of hydrogen-bond acceptors (Lipinski definition) is 3. The maximum atomic E-state index is 5.75. The van der Waals surface area contributed by atoms with Crippen molar-refractivity contribution < 1.29 is 0 Å². The van der Waals surface area contributed by atoms with Gasteiger partial charge in [-0.05, 0) is 25.5 Å². The molecular formula is C9H14ClN3. The fourth-order valence-electron chi connectivity index (χ4n) is 0.951. The molecule has 0 spiro atoms. The molecule has 72 valence electrons. The van der Waals surface area contributed by atoms with Crippen molar-refractivity contribution in [2.75, 3.05) is 17.8 Å². The van der Waals surface area contributed by atoms with E-state index in [9.17, 15) is 0 Å². The second kappa shape index (κ2) is 4.42. The van der Waals surface area contributed by atoms with Crippen LogP contribution >= 0.6 is 11.6 Å². The van der Waals surface area contributed by atoms with Crippen LogP contribution in [-0.4, -0.2) is 29.2 Å². The Morgan fingerprint density at radius 1 is 1.62 bits per heavy atom. The molecule has 4 heteroatoms. The Morgan fingerprint density at radius 3 is 2.85 bits per heavy atom. The van der Waals surface area contributed by atoms with Crippen LogP contribution in [0, 0.1) is 6.92 Å². The van der Waals surface area contributed by atoms with E-state index in [2.05, 4.69) is 17.1 Å². The first kappa shape index (κ1) is 10.3. The fraction of sp³-hybridized carbons (Fsp3) is 0.556. The van der Waals surface area contributed by atoms with Crippen LogP contribution in [0.4, 0.5) is 5.82 Å². The van der Waals surface area contributed by atoms with Crippen molar-refractivity contribution in [3.05, 3.63) is 17.8 Å². The van der Waals surface area contributed by atoms with Crippen molar-refractivity contribution in [2.24, 2.45) is 0 Å². The molecular weight excluding hydrogens is 186 g/mol. The van der Waals surface area contributed by atoms with E-state index in [0.717, 1.165) is 11.4 Å². The molecule has 3 nitrogen and oxygen atoms in total. The van der Waals surface area contributed by atoms with Gasteiger partial charge >= 0.3 is 0 Å². The Balaban J connectivity index is 2.82. The molecule has 0 aliphatic heterocycles. The third kappa shape index (κ3) is 2.56. The Bertz CT molecular complexity index is 277. The molecule has 0 aromatic carbocycles. The van der Waals surface area contributed by atoms with Gasteiger partial charge in [0.2, 0.25) is 0 Å². The van der Waals surface area contributed by atoms with Gasteiger partial charge in [-0.2, -0.15) is 5.10 Å². The number of aromatic nitrogens is 2. The molecule has 1 unspecified atom stereocenters. The van der Waals surface area contributed by atoms with Crippen molar-refractivity contribution in [1.29, 1.82) is 0 Å². The highest BCUT2D eigenvalue weighted by Gasteiger charge is 2.09. The van der Waals surface area contributed by atoms with Gasteiger partial charge in [0.25, 0.3) is 0 Å². The summed E-state index contributed by atoms with van der Waals surface area (Å²) in [6, 6.07) is 2.27. The molecule has 0 saturated heterocycles. The van der Waals surface area contributed by atoms with E-state index in [4.69, 9.17) is 11.6 Å². The number of rotatable bonds is 3. The predicted molar refractivity (Wildman–Crippen MR) is 55.4 cm³/mol. The zero-order valence-electron chi connectivity index (χ0n) is 8.16. The summed E-state index contributed by atoms with van der Waals surface area (Å²) in [4.78, 5) is 2.02. The van der Waals surface area contributed by atoms with Gasteiger partial charge in [0.1, 0.15) is 0 Å². The number of halogens is 1. The number of anilines is 1. The maximum Gasteiger partial charge on any atom is 0.151 e. The van der Waals surface area contributed by atoms with E-state index < -0.39 is 0 Å².